The van der Waals surface area contributed by atoms with Gasteiger partial charge in [-0.1, -0.05) is 220 Å². The number of carbonyl (C=O) groups is 11. The van der Waals surface area contributed by atoms with Gasteiger partial charge in [0.25, 0.3) is 0 Å². The minimum absolute atomic E-state index is 0.00166. The maximum atomic E-state index is 12.8. The number of carboxylic acid groups (broad SMARTS) is 5. The summed E-state index contributed by atoms with van der Waals surface area (Å²) in [5, 5.41) is 75.6. The number of methoxy groups -OCH3 is 1. The van der Waals surface area contributed by atoms with E-state index in [0.29, 0.717) is 117 Å². The number of para-hydroxylation sites is 1. The number of benzene rings is 9. The number of carbonyl (C=O) groups excluding carboxylic acids is 6. The van der Waals surface area contributed by atoms with Gasteiger partial charge in [-0.15, -0.1) is 56.7 Å². The minimum Gasteiger partial charge on any atom is -0.478 e. The summed E-state index contributed by atoms with van der Waals surface area (Å²) in [5.74, 6) is -6.83. The monoisotopic (exact) mass is 2080 g/mol. The van der Waals surface area contributed by atoms with Gasteiger partial charge in [0.2, 0.25) is 23.6 Å². The molecule has 10 N–H and O–H groups in total. The highest BCUT2D eigenvalue weighted by Crippen LogP contribution is 2.45. The van der Waals surface area contributed by atoms with Crippen LogP contribution < -0.4 is 26.6 Å². The number of anilines is 5. The molecule has 6 atom stereocenters. The van der Waals surface area contributed by atoms with E-state index in [0.717, 1.165) is 87.0 Å². The third-order valence-corrected chi connectivity index (χ3v) is 30.7. The first-order valence-electron chi connectivity index (χ1n) is 43.8. The van der Waals surface area contributed by atoms with Crippen molar-refractivity contribution in [2.75, 3.05) is 33.7 Å². The summed E-state index contributed by atoms with van der Waals surface area (Å²) in [6.07, 6.45) is 8.42. The van der Waals surface area contributed by atoms with Gasteiger partial charge in [0.1, 0.15) is 42.3 Å². The number of ketones is 2. The van der Waals surface area contributed by atoms with Gasteiger partial charge in [0, 0.05) is 141 Å². The minimum atomic E-state index is -1.13. The first-order valence-corrected chi connectivity index (χ1v) is 50.5. The number of ether oxygens (including phenoxy) is 1. The van der Waals surface area contributed by atoms with E-state index in [4.69, 9.17) is 51.1 Å². The standard InChI is InChI=1S/C22H16ClNO4S.2C22H18ClNO3S.C21H16ClNO3S.C19H20BrNO4S/c23-15-7-5-12(6-8-15)17-11-29-21(19(17)22(27)28)24-20(26)14-9-13-3-1-2-4-16(13)18(25)10-14;1-12-2-3-14-9-16(10-15(14)8-12)20(25)24-21-19(22(26)27)18(11-28-21)13-4-6-17(23)7-5-13;23-16-9-7-14(8-10-16)18-12-28-21(20(18)22(26)27)24-19(25)11-15-6-5-13-3-1-2-4-17(13)15;22-14-7-5-12(6-8-14)15-11-27-19(20(15)21(25)26)10-18(24)17-9-13-3-1-2-4-16(13)23-17;1-25-14-4-2-3-12(9-14)17(22)21-18-16(19(23)24)15(10-26-18)11-5-7-13(20)8-6-11/h1-8,11,14H,9-10H2,(H,24,26)(H,27,28);2-8,11,16H,9-10H2,1H3,(H,24,25)(H,26,27);1-4,7-10,12,15H,5-6,11H2,(H,24,25)(H,26,27);1-8,11,17,23H,9-10H2,(H,25,26);5-8,10,12,14H,2-4,9H2,1H3,(H,21,22)(H,23,24). The zero-order valence-electron chi connectivity index (χ0n) is 73.8. The Hall–Kier alpha value is -12.6. The maximum absolute atomic E-state index is 12.8. The van der Waals surface area contributed by atoms with Gasteiger partial charge in [-0.3, -0.25) is 28.8 Å². The molecule has 9 aromatic carbocycles. The van der Waals surface area contributed by atoms with E-state index in [1.165, 1.54) is 73.2 Å². The summed E-state index contributed by atoms with van der Waals surface area (Å²) in [4.78, 5) is 136. The van der Waals surface area contributed by atoms with Crippen LogP contribution in [0.15, 0.2) is 244 Å². The van der Waals surface area contributed by atoms with Gasteiger partial charge < -0.3 is 56.9 Å². The van der Waals surface area contributed by atoms with Crippen LogP contribution in [-0.2, 0) is 67.2 Å². The van der Waals surface area contributed by atoms with Crippen LogP contribution in [0.25, 0.3) is 55.6 Å². The molecule has 6 unspecified atom stereocenters. The molecule has 0 spiro atoms. The summed E-state index contributed by atoms with van der Waals surface area (Å²) < 4.78 is 6.30. The van der Waals surface area contributed by atoms with E-state index >= 15 is 0 Å². The molecule has 32 heteroatoms. The third kappa shape index (κ3) is 24.0. The van der Waals surface area contributed by atoms with Crippen molar-refractivity contribution in [3.8, 4) is 55.6 Å². The number of hydrogen-bond donors (Lipinski definition) is 10. The smallest absolute Gasteiger partial charge is 0.339 e. The first kappa shape index (κ1) is 99.9. The number of halogens is 5. The summed E-state index contributed by atoms with van der Waals surface area (Å²) in [5.41, 5.74) is 17.0. The van der Waals surface area contributed by atoms with E-state index in [9.17, 15) is 78.3 Å². The van der Waals surface area contributed by atoms with Crippen molar-refractivity contribution >= 4 is 210 Å². The summed E-state index contributed by atoms with van der Waals surface area (Å²) in [6.45, 7) is 2.04. The highest BCUT2D eigenvalue weighted by Gasteiger charge is 2.37. The quantitative estimate of drug-likeness (QED) is 0.0284. The van der Waals surface area contributed by atoms with Crippen molar-refractivity contribution < 1.29 is 83.0 Å². The number of nitrogens with one attached hydrogen (secondary N) is 5. The first-order chi connectivity index (χ1) is 66.4. The SMILES string of the molecule is COC1CCCC(C(=O)Nc2scc(-c3ccc(Br)cc3)c2C(=O)O)C1.Cc1ccc2c(c1)CC(C(=O)Nc1scc(-c3ccc(Cl)cc3)c1C(=O)O)C2.O=C(CC1CCc2ccccc21)Nc1scc(-c2ccc(Cl)cc2)c1C(=O)O.O=C(O)c1c(-c2ccc(Cl)cc2)csc1CC(=O)C1Cc2ccccc2N1.O=C1CC(C(=O)Nc2scc(-c3ccc(Cl)cc3)c2C(=O)O)Cc2ccccc21. The van der Waals surface area contributed by atoms with Gasteiger partial charge in [-0.05, 0) is 198 Å². The van der Waals surface area contributed by atoms with Gasteiger partial charge in [0.15, 0.2) is 11.6 Å². The van der Waals surface area contributed by atoms with Crippen molar-refractivity contribution in [3.63, 3.8) is 0 Å². The number of fused-ring (bicyclic) bond motifs is 4. The van der Waals surface area contributed by atoms with E-state index in [-0.39, 0.29) is 111 Å². The molecular formula is C106H88BrCl4N5O17S5. The Balaban J connectivity index is 0.000000131. The van der Waals surface area contributed by atoms with E-state index < -0.39 is 35.8 Å². The molecule has 5 aliphatic rings. The average Bonchev–Trinajstić information content (AvgIpc) is 1.62. The van der Waals surface area contributed by atoms with Crippen LogP contribution in [0, 0.1) is 24.7 Å². The van der Waals surface area contributed by atoms with Gasteiger partial charge in [-0.2, -0.15) is 0 Å². The fourth-order valence-electron chi connectivity index (χ4n) is 17.7. The van der Waals surface area contributed by atoms with Crippen molar-refractivity contribution in [1.82, 2.24) is 0 Å². The zero-order valence-corrected chi connectivity index (χ0v) is 82.5. The fraction of sp³-hybridized carbons (Fsp3) is 0.198. The fourth-order valence-corrected chi connectivity index (χ4v) is 23.3. The highest BCUT2D eigenvalue weighted by molar-refractivity contribution is 9.10. The molecular weight excluding hydrogens is 2000 g/mol. The van der Waals surface area contributed by atoms with E-state index in [1.54, 1.807) is 143 Å². The summed E-state index contributed by atoms with van der Waals surface area (Å²) in [6, 6.07) is 64.5. The number of rotatable bonds is 23. The lowest BCUT2D eigenvalue weighted by molar-refractivity contribution is -0.122. The molecule has 0 bridgehead atoms. The molecule has 14 aromatic rings. The zero-order chi connectivity index (χ0) is 97.7. The normalized spacial score (nSPS) is 16.2. The molecule has 4 aliphatic carbocycles. The molecule has 22 nitrogen and oxygen atoms in total. The third-order valence-electron chi connectivity index (χ3n) is 24.6. The van der Waals surface area contributed by atoms with Crippen molar-refractivity contribution in [2.45, 2.75) is 108 Å². The van der Waals surface area contributed by atoms with Crippen molar-refractivity contribution in [2.24, 2.45) is 17.8 Å². The second-order valence-corrected chi connectivity index (χ2v) is 40.7. The molecule has 0 saturated heterocycles. The molecule has 4 amide bonds. The number of carboxylic acids is 5. The number of aromatic carboxylic acids is 5. The predicted molar refractivity (Wildman–Crippen MR) is 552 cm³/mol. The molecule has 19 rings (SSSR count). The van der Waals surface area contributed by atoms with Crippen molar-refractivity contribution in [1.29, 1.82) is 0 Å². The van der Waals surface area contributed by atoms with Crippen LogP contribution in [0.3, 0.4) is 0 Å². The second kappa shape index (κ2) is 45.4. The Morgan fingerprint density at radius 1 is 0.413 bits per heavy atom. The van der Waals surface area contributed by atoms with Crippen LogP contribution in [0.5, 0.6) is 0 Å². The number of amides is 4. The Bertz CT molecular complexity index is 6950. The van der Waals surface area contributed by atoms with Crippen LogP contribution in [0.1, 0.15) is 157 Å². The molecule has 0 radical (unpaired) electrons. The predicted octanol–water partition coefficient (Wildman–Crippen LogP) is 26.3. The topological polar surface area (TPSA) is 358 Å². The van der Waals surface area contributed by atoms with Gasteiger partial charge in [-0.25, -0.2) is 24.0 Å². The molecule has 138 heavy (non-hydrogen) atoms. The Morgan fingerprint density at radius 2 is 0.819 bits per heavy atom. The molecule has 6 heterocycles. The number of thiophene rings is 5. The number of aryl methyl sites for hydroxylation is 2. The lowest BCUT2D eigenvalue weighted by Crippen LogP contribution is -2.31. The van der Waals surface area contributed by atoms with E-state index in [2.05, 4.69) is 72.8 Å². The second-order valence-electron chi connectivity index (χ2n) is 33.6. The summed E-state index contributed by atoms with van der Waals surface area (Å²) in [7, 11) is 1.66. The maximum Gasteiger partial charge on any atom is 0.339 e. The van der Waals surface area contributed by atoms with E-state index in [1.807, 2.05) is 79.7 Å². The molecule has 1 fully saturated rings. The number of Topliss-reactive ketones (excluding diaryl/α,β-unsaturated/α-hetero) is 2. The Labute approximate surface area is 842 Å². The highest BCUT2D eigenvalue weighted by atomic mass is 79.9. The van der Waals surface area contributed by atoms with Crippen molar-refractivity contribution in [3.05, 3.63) is 341 Å². The molecule has 1 saturated carbocycles. The van der Waals surface area contributed by atoms with Crippen LogP contribution in [-0.4, -0.2) is 110 Å². The molecule has 1 aliphatic heterocycles. The average molecular weight is 2090 g/mol. The van der Waals surface area contributed by atoms with Crippen LogP contribution in [0.2, 0.25) is 20.1 Å². The largest absolute Gasteiger partial charge is 0.478 e. The lowest BCUT2D eigenvalue weighted by Gasteiger charge is -2.27. The van der Waals surface area contributed by atoms with Gasteiger partial charge in [0.05, 0.1) is 17.7 Å². The molecule has 5 aromatic heterocycles. The molecule has 704 valence electrons. The Kier molecular flexibility index (Phi) is 32.9. The number of hydrogen-bond acceptors (Lipinski definition) is 18. The lowest BCUT2D eigenvalue weighted by atomic mass is 9.82. The Morgan fingerprint density at radius 3 is 1.30 bits per heavy atom. The van der Waals surface area contributed by atoms with Gasteiger partial charge >= 0.3 is 29.8 Å². The summed E-state index contributed by atoms with van der Waals surface area (Å²) >= 11 is 33.2. The van der Waals surface area contributed by atoms with Crippen LogP contribution in [0.4, 0.5) is 25.7 Å². The van der Waals surface area contributed by atoms with Crippen LogP contribution >= 0.6 is 119 Å².